The van der Waals surface area contributed by atoms with E-state index in [1.165, 1.54) is 17.4 Å². The second kappa shape index (κ2) is 5.99. The van der Waals surface area contributed by atoms with E-state index in [2.05, 4.69) is 28.9 Å². The smallest absolute Gasteiger partial charge is 0.303 e. The Morgan fingerprint density at radius 2 is 2.26 bits per heavy atom. The summed E-state index contributed by atoms with van der Waals surface area (Å²) in [6.45, 7) is 5.99. The van der Waals surface area contributed by atoms with Gasteiger partial charge >= 0.3 is 5.97 Å². The second-order valence-corrected chi connectivity index (χ2v) is 8.54. The average molecular weight is 368 g/mol. The summed E-state index contributed by atoms with van der Waals surface area (Å²) in [6, 6.07) is 6.46. The van der Waals surface area contributed by atoms with E-state index in [4.69, 9.17) is 9.47 Å². The first-order valence-corrected chi connectivity index (χ1v) is 10.2. The fraction of sp³-hybridized carbons (Fsp3) is 0.591. The fourth-order valence-electron chi connectivity index (χ4n) is 6.26. The van der Waals surface area contributed by atoms with E-state index in [1.807, 2.05) is 6.07 Å². The largest absolute Gasteiger partial charge is 0.497 e. The van der Waals surface area contributed by atoms with Gasteiger partial charge in [0.2, 0.25) is 0 Å². The van der Waals surface area contributed by atoms with Crippen LogP contribution in [0.1, 0.15) is 44.4 Å². The SMILES string of the molecule is CC[C@H]1C[C@H]2CN3CCc4c([nH]c5ccc(OC)cc45)[C@](OC(C)=O)(C2)[C@H]13. The van der Waals surface area contributed by atoms with Gasteiger partial charge in [-0.2, -0.15) is 0 Å². The Morgan fingerprint density at radius 3 is 3.00 bits per heavy atom. The highest BCUT2D eigenvalue weighted by atomic mass is 16.6. The molecule has 3 aliphatic heterocycles. The molecule has 4 heterocycles. The number of ether oxygens (including phenoxy) is 2. The number of carbonyl (C=O) groups excluding carboxylic acids is 1. The standard InChI is InChI=1S/C22H28N2O3/c1-4-15-9-14-11-22(27-13(2)25)20-17(7-8-24(12-14)21(15)22)18-10-16(26-3)5-6-19(18)23-20/h5-6,10,14-15,21,23H,4,7-9,11-12H2,1-3H3/t14-,15+,21+,22-/m1/s1. The van der Waals surface area contributed by atoms with E-state index >= 15 is 0 Å². The number of methoxy groups -OCH3 is 1. The van der Waals surface area contributed by atoms with Crippen molar-refractivity contribution in [2.45, 2.75) is 51.2 Å². The highest BCUT2D eigenvalue weighted by Gasteiger charge is 2.60. The van der Waals surface area contributed by atoms with Gasteiger partial charge in [0.25, 0.3) is 0 Å². The fourth-order valence-corrected chi connectivity index (χ4v) is 6.26. The lowest BCUT2D eigenvalue weighted by Crippen LogP contribution is -2.65. The van der Waals surface area contributed by atoms with Gasteiger partial charge in [-0.05, 0) is 54.9 Å². The minimum atomic E-state index is -0.550. The molecule has 0 amide bonds. The summed E-state index contributed by atoms with van der Waals surface area (Å²) in [5, 5.41) is 1.20. The number of hydrogen-bond acceptors (Lipinski definition) is 4. The summed E-state index contributed by atoms with van der Waals surface area (Å²) < 4.78 is 11.7. The number of hydrogen-bond donors (Lipinski definition) is 1. The van der Waals surface area contributed by atoms with Crippen molar-refractivity contribution in [2.75, 3.05) is 20.2 Å². The van der Waals surface area contributed by atoms with E-state index < -0.39 is 5.60 Å². The summed E-state index contributed by atoms with van der Waals surface area (Å²) in [5.74, 6) is 1.85. The number of rotatable bonds is 3. The lowest BCUT2D eigenvalue weighted by Gasteiger charge is -2.58. The van der Waals surface area contributed by atoms with Gasteiger partial charge in [0.15, 0.2) is 5.60 Å². The first-order valence-electron chi connectivity index (χ1n) is 10.2. The summed E-state index contributed by atoms with van der Waals surface area (Å²) >= 11 is 0. The third kappa shape index (κ3) is 2.37. The Hall–Kier alpha value is -2.01. The second-order valence-electron chi connectivity index (χ2n) is 8.54. The topological polar surface area (TPSA) is 54.6 Å². The van der Waals surface area contributed by atoms with Gasteiger partial charge in [-0.25, -0.2) is 0 Å². The molecule has 3 fully saturated rings. The number of esters is 1. The molecule has 1 aromatic heterocycles. The number of piperidine rings is 2. The molecule has 144 valence electrons. The Morgan fingerprint density at radius 1 is 1.41 bits per heavy atom. The molecule has 1 saturated carbocycles. The molecule has 1 N–H and O–H groups in total. The zero-order chi connectivity index (χ0) is 18.8. The highest BCUT2D eigenvalue weighted by molar-refractivity contribution is 5.87. The van der Waals surface area contributed by atoms with Crippen LogP contribution in [0, 0.1) is 11.8 Å². The van der Waals surface area contributed by atoms with Crippen molar-refractivity contribution in [3.8, 4) is 5.75 Å². The summed E-state index contributed by atoms with van der Waals surface area (Å²) in [7, 11) is 1.70. The number of aromatic amines is 1. The number of carbonyl (C=O) groups is 1. The van der Waals surface area contributed by atoms with Crippen LogP contribution in [0.2, 0.25) is 0 Å². The molecule has 6 rings (SSSR count). The van der Waals surface area contributed by atoms with Gasteiger partial charge in [0.05, 0.1) is 18.8 Å². The van der Waals surface area contributed by atoms with E-state index in [1.54, 1.807) is 14.0 Å². The number of H-pyrrole nitrogens is 1. The van der Waals surface area contributed by atoms with Crippen LogP contribution >= 0.6 is 0 Å². The minimum absolute atomic E-state index is 0.179. The van der Waals surface area contributed by atoms with Crippen molar-refractivity contribution in [3.63, 3.8) is 0 Å². The van der Waals surface area contributed by atoms with Crippen LogP contribution in [-0.2, 0) is 21.6 Å². The maximum atomic E-state index is 12.2. The van der Waals surface area contributed by atoms with Crippen LogP contribution in [0.3, 0.4) is 0 Å². The Balaban J connectivity index is 1.76. The molecule has 5 nitrogen and oxygen atoms in total. The van der Waals surface area contributed by atoms with Gasteiger partial charge in [-0.3, -0.25) is 9.69 Å². The molecule has 0 radical (unpaired) electrons. The van der Waals surface area contributed by atoms with Crippen molar-refractivity contribution in [1.29, 1.82) is 0 Å². The molecule has 4 aliphatic rings. The number of nitrogens with one attached hydrogen (secondary N) is 1. The molecule has 2 aromatic rings. The van der Waals surface area contributed by atoms with Crippen molar-refractivity contribution in [2.24, 2.45) is 11.8 Å². The van der Waals surface area contributed by atoms with Crippen molar-refractivity contribution < 1.29 is 14.3 Å². The molecule has 5 atom stereocenters. The van der Waals surface area contributed by atoms with Crippen LogP contribution in [-0.4, -0.2) is 42.1 Å². The van der Waals surface area contributed by atoms with Gasteiger partial charge < -0.3 is 14.5 Å². The van der Waals surface area contributed by atoms with Crippen LogP contribution in [0.4, 0.5) is 0 Å². The predicted octanol–water partition coefficient (Wildman–Crippen LogP) is 3.61. The summed E-state index contributed by atoms with van der Waals surface area (Å²) in [6.07, 6.45) is 4.29. The van der Waals surface area contributed by atoms with Crippen LogP contribution in [0.25, 0.3) is 10.9 Å². The molecule has 1 unspecified atom stereocenters. The van der Waals surface area contributed by atoms with Crippen LogP contribution < -0.4 is 4.74 Å². The highest BCUT2D eigenvalue weighted by Crippen LogP contribution is 2.55. The van der Waals surface area contributed by atoms with Gasteiger partial charge in [-0.15, -0.1) is 0 Å². The quantitative estimate of drug-likeness (QED) is 0.841. The molecule has 4 bridgehead atoms. The minimum Gasteiger partial charge on any atom is -0.497 e. The first kappa shape index (κ1) is 17.1. The normalized spacial score (nSPS) is 34.2. The number of benzene rings is 1. The Labute approximate surface area is 160 Å². The lowest BCUT2D eigenvalue weighted by molar-refractivity contribution is -0.200. The van der Waals surface area contributed by atoms with E-state index in [-0.39, 0.29) is 12.0 Å². The maximum absolute atomic E-state index is 12.2. The zero-order valence-electron chi connectivity index (χ0n) is 16.4. The summed E-state index contributed by atoms with van der Waals surface area (Å²) in [4.78, 5) is 18.5. The maximum Gasteiger partial charge on any atom is 0.303 e. The molecular formula is C22H28N2O3. The Bertz CT molecular complexity index is 904. The molecule has 1 aromatic carbocycles. The molecule has 1 aliphatic carbocycles. The van der Waals surface area contributed by atoms with Crippen LogP contribution in [0.5, 0.6) is 5.75 Å². The van der Waals surface area contributed by atoms with Crippen molar-refractivity contribution >= 4 is 16.9 Å². The third-order valence-corrected chi connectivity index (χ3v) is 7.07. The molecule has 27 heavy (non-hydrogen) atoms. The van der Waals surface area contributed by atoms with E-state index in [0.29, 0.717) is 11.8 Å². The van der Waals surface area contributed by atoms with Gasteiger partial charge in [-0.1, -0.05) is 13.3 Å². The number of aromatic nitrogens is 1. The molecule has 5 heteroatoms. The van der Waals surface area contributed by atoms with Crippen LogP contribution in [0.15, 0.2) is 18.2 Å². The zero-order valence-corrected chi connectivity index (χ0v) is 16.4. The molecule has 0 spiro atoms. The van der Waals surface area contributed by atoms with E-state index in [0.717, 1.165) is 49.3 Å². The Kier molecular flexibility index (Phi) is 3.80. The van der Waals surface area contributed by atoms with E-state index in [9.17, 15) is 4.79 Å². The third-order valence-electron chi connectivity index (χ3n) is 7.07. The number of nitrogens with zero attached hydrogens (tertiary/aromatic N) is 1. The van der Waals surface area contributed by atoms with Crippen molar-refractivity contribution in [3.05, 3.63) is 29.5 Å². The molecular weight excluding hydrogens is 340 g/mol. The summed E-state index contributed by atoms with van der Waals surface area (Å²) in [5.41, 5.74) is 2.99. The van der Waals surface area contributed by atoms with Crippen molar-refractivity contribution in [1.82, 2.24) is 9.88 Å². The lowest BCUT2D eigenvalue weighted by atomic mass is 9.62. The first-order chi connectivity index (χ1) is 13.1. The predicted molar refractivity (Wildman–Crippen MR) is 104 cm³/mol. The van der Waals surface area contributed by atoms with Gasteiger partial charge in [0.1, 0.15) is 5.75 Å². The average Bonchev–Trinajstić information content (AvgIpc) is 2.99. The number of fused-ring (bicyclic) bond motifs is 4. The molecule has 2 saturated heterocycles. The monoisotopic (exact) mass is 368 g/mol. The van der Waals surface area contributed by atoms with Gasteiger partial charge in [0, 0.05) is 30.9 Å².